The molecule has 4 aliphatic heterocycles. The average molecular weight is 783 g/mol. The number of ether oxygens (including phenoxy) is 12. The first-order valence-electron chi connectivity index (χ1n) is 20.2. The van der Waals surface area contributed by atoms with Crippen LogP contribution in [0.3, 0.4) is 0 Å². The number of hydrogen-bond donors (Lipinski definition) is 0. The molecule has 0 saturated carbocycles. The zero-order valence-corrected chi connectivity index (χ0v) is 33.0. The molecule has 4 fully saturated rings. The van der Waals surface area contributed by atoms with Crippen LogP contribution in [0.2, 0.25) is 0 Å². The van der Waals surface area contributed by atoms with Gasteiger partial charge in [0.15, 0.2) is 23.0 Å². The lowest BCUT2D eigenvalue weighted by Crippen LogP contribution is -2.31. The summed E-state index contributed by atoms with van der Waals surface area (Å²) in [7, 11) is 0. The van der Waals surface area contributed by atoms with Gasteiger partial charge in [0.05, 0.1) is 31.8 Å². The standard InChI is InChI=1S/C45H50O12/c1-5-21-46-41(27-50-41)54-37-19-17-31(25-39(37)56-43(29-52-43)48-23-7-3)45(35-15-11-9-13-33(35)34-14-10-12-16-36(34)45)32-18-20-38(55-42(28-51-42)47-22-6-2)40(26-32)57-44(30-53-44)49-24-8-4/h9-20,25-26H,5-8,21-24,27-30H2,1-4H3. The van der Waals surface area contributed by atoms with Crippen molar-refractivity contribution in [2.24, 2.45) is 0 Å². The van der Waals surface area contributed by atoms with Crippen LogP contribution in [0.5, 0.6) is 23.0 Å². The Balaban J connectivity index is 1.21. The highest BCUT2D eigenvalue weighted by Gasteiger charge is 2.56. The highest BCUT2D eigenvalue weighted by atomic mass is 17.0. The van der Waals surface area contributed by atoms with E-state index >= 15 is 0 Å². The molecule has 302 valence electrons. The Kier molecular flexibility index (Phi) is 10.2. The summed E-state index contributed by atoms with van der Waals surface area (Å²) in [6.45, 7) is 11.2. The molecule has 0 radical (unpaired) electrons. The molecule has 4 atom stereocenters. The van der Waals surface area contributed by atoms with Crippen LogP contribution < -0.4 is 18.9 Å². The van der Waals surface area contributed by atoms with Crippen molar-refractivity contribution < 1.29 is 56.8 Å². The summed E-state index contributed by atoms with van der Waals surface area (Å²) in [5.74, 6) is -3.11. The first kappa shape index (κ1) is 38.3. The first-order valence-corrected chi connectivity index (χ1v) is 20.2. The van der Waals surface area contributed by atoms with Gasteiger partial charge in [-0.25, -0.2) is 0 Å². The molecule has 0 bridgehead atoms. The molecule has 12 heteroatoms. The van der Waals surface area contributed by atoms with E-state index in [1.54, 1.807) is 0 Å². The lowest BCUT2D eigenvalue weighted by molar-refractivity contribution is -0.186. The Bertz CT molecular complexity index is 1920. The number of benzene rings is 4. The van der Waals surface area contributed by atoms with E-state index in [0.29, 0.717) is 62.6 Å². The van der Waals surface area contributed by atoms with Gasteiger partial charge in [-0.2, -0.15) is 0 Å². The van der Waals surface area contributed by atoms with E-state index in [9.17, 15) is 0 Å². The third-order valence-corrected chi connectivity index (χ3v) is 10.4. The van der Waals surface area contributed by atoms with Crippen LogP contribution in [-0.4, -0.2) is 76.7 Å². The SMILES string of the molecule is CCCOC1(Oc2ccc(C3(c4ccc(OC5(OCCC)CO5)c(OC5(OCCC)CO5)c4)c4ccccc4-c4ccccc43)cc2OC2(OCCC)CO2)CO1. The summed E-state index contributed by atoms with van der Waals surface area (Å²) in [5.41, 5.74) is 5.29. The van der Waals surface area contributed by atoms with Crippen molar-refractivity contribution in [3.05, 3.63) is 107 Å². The number of rotatable bonds is 22. The van der Waals surface area contributed by atoms with Gasteiger partial charge in [0.2, 0.25) is 0 Å². The van der Waals surface area contributed by atoms with Gasteiger partial charge < -0.3 is 56.8 Å². The molecule has 1 aliphatic carbocycles. The lowest BCUT2D eigenvalue weighted by Gasteiger charge is -2.35. The summed E-state index contributed by atoms with van der Waals surface area (Å²) in [6.07, 6.45) is 3.23. The fourth-order valence-corrected chi connectivity index (χ4v) is 7.46. The largest absolute Gasteiger partial charge is 0.433 e. The molecule has 4 aromatic carbocycles. The van der Waals surface area contributed by atoms with Gasteiger partial charge in [-0.15, -0.1) is 0 Å². The summed E-state index contributed by atoms with van der Waals surface area (Å²) in [5, 5.41) is 0. The Labute approximate surface area is 333 Å². The van der Waals surface area contributed by atoms with E-state index < -0.39 is 29.3 Å². The zero-order valence-electron chi connectivity index (χ0n) is 33.0. The molecule has 4 saturated heterocycles. The lowest BCUT2D eigenvalue weighted by atomic mass is 9.67. The minimum Gasteiger partial charge on any atom is -0.433 e. The van der Waals surface area contributed by atoms with Gasteiger partial charge in [-0.3, -0.25) is 0 Å². The van der Waals surface area contributed by atoms with Crippen molar-refractivity contribution in [2.75, 3.05) is 52.9 Å². The maximum absolute atomic E-state index is 6.64. The van der Waals surface area contributed by atoms with Crippen LogP contribution in [0.1, 0.15) is 75.6 Å². The Morgan fingerprint density at radius 1 is 0.421 bits per heavy atom. The third kappa shape index (κ3) is 7.38. The molecule has 0 spiro atoms. The smallest absolute Gasteiger partial charge is 0.352 e. The highest BCUT2D eigenvalue weighted by molar-refractivity contribution is 5.86. The predicted octanol–water partition coefficient (Wildman–Crippen LogP) is 8.01. The molecular weight excluding hydrogens is 732 g/mol. The minimum absolute atomic E-state index is 0.278. The van der Waals surface area contributed by atoms with Crippen molar-refractivity contribution >= 4 is 0 Å². The molecule has 5 aliphatic rings. The van der Waals surface area contributed by atoms with E-state index in [-0.39, 0.29) is 13.2 Å². The predicted molar refractivity (Wildman–Crippen MR) is 206 cm³/mol. The third-order valence-electron chi connectivity index (χ3n) is 10.4. The van der Waals surface area contributed by atoms with Crippen LogP contribution >= 0.6 is 0 Å². The fourth-order valence-electron chi connectivity index (χ4n) is 7.46. The van der Waals surface area contributed by atoms with E-state index in [4.69, 9.17) is 56.8 Å². The summed E-state index contributed by atoms with van der Waals surface area (Å²) in [4.78, 5) is 0. The Morgan fingerprint density at radius 3 is 1.05 bits per heavy atom. The topological polar surface area (TPSA) is 124 Å². The average Bonchev–Trinajstić information content (AvgIpc) is 4.06. The molecule has 4 unspecified atom stereocenters. The second-order valence-corrected chi connectivity index (χ2v) is 14.9. The normalized spacial score (nSPS) is 26.9. The van der Waals surface area contributed by atoms with Crippen LogP contribution in [-0.2, 0) is 43.3 Å². The molecule has 0 aromatic heterocycles. The van der Waals surface area contributed by atoms with Crippen molar-refractivity contribution in [3.63, 3.8) is 0 Å². The van der Waals surface area contributed by atoms with Gasteiger partial charge in [-0.05, 0) is 83.3 Å². The quantitative estimate of drug-likeness (QED) is 0.0499. The molecule has 12 nitrogen and oxygen atoms in total. The second kappa shape index (κ2) is 15.2. The highest BCUT2D eigenvalue weighted by Crippen LogP contribution is 2.58. The molecule has 9 rings (SSSR count). The number of fused-ring (bicyclic) bond motifs is 3. The van der Waals surface area contributed by atoms with Crippen molar-refractivity contribution in [3.8, 4) is 34.1 Å². The van der Waals surface area contributed by atoms with Crippen molar-refractivity contribution in [1.82, 2.24) is 0 Å². The summed E-state index contributed by atoms with van der Waals surface area (Å²) >= 11 is 0. The van der Waals surface area contributed by atoms with Crippen LogP contribution in [0.15, 0.2) is 84.9 Å². The van der Waals surface area contributed by atoms with Gasteiger partial charge in [0.25, 0.3) is 0 Å². The zero-order chi connectivity index (χ0) is 39.1. The summed E-state index contributed by atoms with van der Waals surface area (Å²) < 4.78 is 73.4. The number of hydrogen-bond acceptors (Lipinski definition) is 12. The van der Waals surface area contributed by atoms with Crippen molar-refractivity contribution in [1.29, 1.82) is 0 Å². The molecule has 57 heavy (non-hydrogen) atoms. The van der Waals surface area contributed by atoms with Gasteiger partial charge in [-0.1, -0.05) is 88.4 Å². The van der Waals surface area contributed by atoms with Gasteiger partial charge in [0, 0.05) is 0 Å². The Morgan fingerprint density at radius 2 is 0.737 bits per heavy atom. The van der Waals surface area contributed by atoms with E-state index in [1.807, 2.05) is 52.0 Å². The van der Waals surface area contributed by atoms with Crippen LogP contribution in [0.25, 0.3) is 11.1 Å². The molecule has 4 heterocycles. The minimum atomic E-state index is -1.23. The fraction of sp³-hybridized carbons (Fsp3) is 0.467. The molecule has 0 amide bonds. The van der Waals surface area contributed by atoms with Crippen LogP contribution in [0, 0.1) is 0 Å². The molecule has 4 aromatic rings. The van der Waals surface area contributed by atoms with E-state index in [0.717, 1.165) is 59.1 Å². The van der Waals surface area contributed by atoms with Crippen molar-refractivity contribution in [2.45, 2.75) is 82.7 Å². The maximum Gasteiger partial charge on any atom is 0.352 e. The maximum atomic E-state index is 6.64. The molecular formula is C45H50O12. The van der Waals surface area contributed by atoms with Gasteiger partial charge in [0.1, 0.15) is 26.4 Å². The van der Waals surface area contributed by atoms with Crippen LogP contribution in [0.4, 0.5) is 0 Å². The second-order valence-electron chi connectivity index (χ2n) is 14.9. The summed E-state index contributed by atoms with van der Waals surface area (Å²) in [6, 6.07) is 28.9. The number of epoxide rings is 4. The van der Waals surface area contributed by atoms with E-state index in [2.05, 4.69) is 60.7 Å². The van der Waals surface area contributed by atoms with Gasteiger partial charge >= 0.3 is 23.9 Å². The monoisotopic (exact) mass is 782 g/mol. The molecule has 0 N–H and O–H groups in total. The Hall–Kier alpha value is -4.24. The first-order chi connectivity index (χ1) is 27.8. The van der Waals surface area contributed by atoms with E-state index in [1.165, 1.54) is 0 Å².